The lowest BCUT2D eigenvalue weighted by molar-refractivity contribution is 0.296. The van der Waals surface area contributed by atoms with Crippen LogP contribution in [0.4, 0.5) is 0 Å². The Bertz CT molecular complexity index is 754. The molecule has 0 fully saturated rings. The van der Waals surface area contributed by atoms with Gasteiger partial charge >= 0.3 is 0 Å². The lowest BCUT2D eigenvalue weighted by Gasteiger charge is -2.18. The van der Waals surface area contributed by atoms with Gasteiger partial charge in [-0.1, -0.05) is 50.2 Å². The maximum Gasteiger partial charge on any atom is 0.0457 e. The maximum absolute atomic E-state index is 3.56. The fourth-order valence-electron chi connectivity index (χ4n) is 3.11. The summed E-state index contributed by atoms with van der Waals surface area (Å²) < 4.78 is 0. The zero-order chi connectivity index (χ0) is 16.8. The quantitative estimate of drug-likeness (QED) is 0.648. The molecular formula is C21H27N3. The highest BCUT2D eigenvalue weighted by Gasteiger charge is 2.03. The molecule has 0 saturated heterocycles. The van der Waals surface area contributed by atoms with E-state index in [1.54, 1.807) is 0 Å². The van der Waals surface area contributed by atoms with Crippen molar-refractivity contribution >= 4 is 10.9 Å². The van der Waals surface area contributed by atoms with Crippen molar-refractivity contribution in [2.24, 2.45) is 0 Å². The third-order valence-corrected chi connectivity index (χ3v) is 4.65. The van der Waals surface area contributed by atoms with Gasteiger partial charge in [-0.2, -0.15) is 0 Å². The molecule has 24 heavy (non-hydrogen) atoms. The molecule has 3 nitrogen and oxygen atoms in total. The van der Waals surface area contributed by atoms with Gasteiger partial charge in [-0.3, -0.25) is 4.90 Å². The smallest absolute Gasteiger partial charge is 0.0457 e. The average molecular weight is 321 g/mol. The molecule has 0 spiro atoms. The first kappa shape index (κ1) is 16.7. The second kappa shape index (κ2) is 8.13. The summed E-state index contributed by atoms with van der Waals surface area (Å²) in [4.78, 5) is 5.70. The second-order valence-electron chi connectivity index (χ2n) is 6.24. The highest BCUT2D eigenvalue weighted by molar-refractivity contribution is 5.82. The number of aromatic nitrogens is 1. The number of nitrogens with zero attached hydrogens (tertiary/aromatic N) is 1. The molecule has 0 atom stereocenters. The minimum absolute atomic E-state index is 0.885. The van der Waals surface area contributed by atoms with Crippen LogP contribution in [0.5, 0.6) is 0 Å². The predicted octanol–water partition coefficient (Wildman–Crippen LogP) is 4.30. The van der Waals surface area contributed by atoms with E-state index in [1.165, 1.54) is 27.6 Å². The van der Waals surface area contributed by atoms with Gasteiger partial charge in [0.2, 0.25) is 0 Å². The van der Waals surface area contributed by atoms with Crippen LogP contribution in [0.15, 0.2) is 54.7 Å². The van der Waals surface area contributed by atoms with E-state index in [0.717, 1.165) is 32.7 Å². The summed E-state index contributed by atoms with van der Waals surface area (Å²) in [5, 5.41) is 4.86. The Morgan fingerprint density at radius 2 is 1.62 bits per heavy atom. The Kier molecular flexibility index (Phi) is 5.68. The van der Waals surface area contributed by atoms with Gasteiger partial charge in [0.25, 0.3) is 0 Å². The molecule has 2 aromatic carbocycles. The summed E-state index contributed by atoms with van der Waals surface area (Å²) in [6.07, 6.45) is 2.00. The van der Waals surface area contributed by atoms with Gasteiger partial charge in [-0.05, 0) is 41.9 Å². The number of aromatic amines is 1. The summed E-state index contributed by atoms with van der Waals surface area (Å²) in [6, 6.07) is 17.5. The van der Waals surface area contributed by atoms with E-state index in [0.29, 0.717) is 0 Å². The number of H-pyrrole nitrogens is 1. The molecule has 2 N–H and O–H groups in total. The molecule has 0 unspecified atom stereocenters. The van der Waals surface area contributed by atoms with Crippen molar-refractivity contribution < 1.29 is 0 Å². The van der Waals surface area contributed by atoms with Crippen molar-refractivity contribution in [3.05, 3.63) is 71.4 Å². The van der Waals surface area contributed by atoms with Crippen LogP contribution in [-0.2, 0) is 19.6 Å². The Morgan fingerprint density at radius 1 is 0.875 bits per heavy atom. The van der Waals surface area contributed by atoms with Gasteiger partial charge in [0.15, 0.2) is 0 Å². The minimum Gasteiger partial charge on any atom is -0.361 e. The lowest BCUT2D eigenvalue weighted by Crippen LogP contribution is -2.22. The number of benzene rings is 2. The van der Waals surface area contributed by atoms with Crippen molar-refractivity contribution in [1.29, 1.82) is 0 Å². The summed E-state index contributed by atoms with van der Waals surface area (Å²) in [7, 11) is 0. The van der Waals surface area contributed by atoms with Crippen LogP contribution in [0.25, 0.3) is 10.9 Å². The van der Waals surface area contributed by atoms with Crippen molar-refractivity contribution in [3.63, 3.8) is 0 Å². The number of nitrogens with one attached hydrogen (secondary N) is 2. The molecule has 1 heterocycles. The van der Waals surface area contributed by atoms with E-state index in [1.807, 2.05) is 6.20 Å². The maximum atomic E-state index is 3.56. The summed E-state index contributed by atoms with van der Waals surface area (Å²) in [5.74, 6) is 0. The van der Waals surface area contributed by atoms with Crippen LogP contribution in [0.3, 0.4) is 0 Å². The van der Waals surface area contributed by atoms with E-state index in [-0.39, 0.29) is 0 Å². The topological polar surface area (TPSA) is 31.1 Å². The molecule has 0 saturated carbocycles. The molecule has 0 amide bonds. The standard InChI is InChI=1S/C21H27N3/c1-3-24(4-2)16-18-10-8-17(9-11-18)14-22-15-19-6-5-7-21-20(19)12-13-23-21/h5-13,22-23H,3-4,14-16H2,1-2H3. The highest BCUT2D eigenvalue weighted by Crippen LogP contribution is 2.17. The first-order valence-corrected chi connectivity index (χ1v) is 8.86. The van der Waals surface area contributed by atoms with Crippen molar-refractivity contribution in [1.82, 2.24) is 15.2 Å². The van der Waals surface area contributed by atoms with E-state index < -0.39 is 0 Å². The van der Waals surface area contributed by atoms with E-state index in [2.05, 4.69) is 77.6 Å². The highest BCUT2D eigenvalue weighted by atomic mass is 15.1. The lowest BCUT2D eigenvalue weighted by atomic mass is 10.1. The fraction of sp³-hybridized carbons (Fsp3) is 0.333. The van der Waals surface area contributed by atoms with Crippen LogP contribution in [-0.4, -0.2) is 23.0 Å². The first-order chi connectivity index (χ1) is 11.8. The molecule has 0 aliphatic rings. The number of hydrogen-bond acceptors (Lipinski definition) is 2. The molecule has 0 aliphatic carbocycles. The number of rotatable bonds is 8. The number of fused-ring (bicyclic) bond motifs is 1. The zero-order valence-corrected chi connectivity index (χ0v) is 14.7. The van der Waals surface area contributed by atoms with Gasteiger partial charge < -0.3 is 10.3 Å². The van der Waals surface area contributed by atoms with Gasteiger partial charge in [0.05, 0.1) is 0 Å². The molecule has 3 aromatic rings. The zero-order valence-electron chi connectivity index (χ0n) is 14.7. The van der Waals surface area contributed by atoms with Crippen LogP contribution in [0, 0.1) is 0 Å². The number of hydrogen-bond donors (Lipinski definition) is 2. The first-order valence-electron chi connectivity index (χ1n) is 8.86. The monoisotopic (exact) mass is 321 g/mol. The Labute approximate surface area is 144 Å². The van der Waals surface area contributed by atoms with E-state index in [4.69, 9.17) is 0 Å². The van der Waals surface area contributed by atoms with Gasteiger partial charge in [0, 0.05) is 36.7 Å². The van der Waals surface area contributed by atoms with Crippen LogP contribution in [0.1, 0.15) is 30.5 Å². The largest absolute Gasteiger partial charge is 0.361 e. The summed E-state index contributed by atoms with van der Waals surface area (Å²) in [6.45, 7) is 9.45. The molecule has 0 aliphatic heterocycles. The minimum atomic E-state index is 0.885. The van der Waals surface area contributed by atoms with Gasteiger partial charge in [-0.15, -0.1) is 0 Å². The summed E-state index contributed by atoms with van der Waals surface area (Å²) >= 11 is 0. The third kappa shape index (κ3) is 4.05. The fourth-order valence-corrected chi connectivity index (χ4v) is 3.11. The van der Waals surface area contributed by atoms with Crippen molar-refractivity contribution in [2.75, 3.05) is 13.1 Å². The van der Waals surface area contributed by atoms with E-state index >= 15 is 0 Å². The Hall–Kier alpha value is -2.10. The van der Waals surface area contributed by atoms with E-state index in [9.17, 15) is 0 Å². The molecule has 3 heteroatoms. The molecule has 3 rings (SSSR count). The van der Waals surface area contributed by atoms with Crippen molar-refractivity contribution in [3.8, 4) is 0 Å². The molecular weight excluding hydrogens is 294 g/mol. The van der Waals surface area contributed by atoms with Crippen LogP contribution < -0.4 is 5.32 Å². The van der Waals surface area contributed by atoms with Crippen molar-refractivity contribution in [2.45, 2.75) is 33.5 Å². The SMILES string of the molecule is CCN(CC)Cc1ccc(CNCc2cccc3[nH]ccc23)cc1. The molecule has 0 radical (unpaired) electrons. The van der Waals surface area contributed by atoms with Crippen LogP contribution in [0.2, 0.25) is 0 Å². The third-order valence-electron chi connectivity index (χ3n) is 4.65. The average Bonchev–Trinajstić information content (AvgIpc) is 3.10. The predicted molar refractivity (Wildman–Crippen MR) is 102 cm³/mol. The Balaban J connectivity index is 1.54. The molecule has 1 aromatic heterocycles. The Morgan fingerprint density at radius 3 is 2.38 bits per heavy atom. The second-order valence-corrected chi connectivity index (χ2v) is 6.24. The molecule has 126 valence electrons. The van der Waals surface area contributed by atoms with Gasteiger partial charge in [0.1, 0.15) is 0 Å². The van der Waals surface area contributed by atoms with Gasteiger partial charge in [-0.25, -0.2) is 0 Å². The van der Waals surface area contributed by atoms with Crippen LogP contribution >= 0.6 is 0 Å². The summed E-state index contributed by atoms with van der Waals surface area (Å²) in [5.41, 5.74) is 5.26. The normalized spacial score (nSPS) is 11.5. The molecule has 0 bridgehead atoms.